The number of nitrogens with one attached hydrogen (secondary N) is 1. The average molecular weight is 300 g/mol. The second-order valence-electron chi connectivity index (χ2n) is 4.18. The third-order valence-corrected chi connectivity index (χ3v) is 4.42. The van der Waals surface area contributed by atoms with Gasteiger partial charge < -0.3 is 0 Å². The Hall–Kier alpha value is -1.40. The van der Waals surface area contributed by atoms with E-state index in [1.807, 2.05) is 6.92 Å². The van der Waals surface area contributed by atoms with Gasteiger partial charge in [0.1, 0.15) is 17.4 Å². The molecule has 0 bridgehead atoms. The first-order valence-corrected chi connectivity index (χ1v) is 8.04. The number of hydrogen-bond acceptors (Lipinski definition) is 4. The van der Waals surface area contributed by atoms with Crippen molar-refractivity contribution in [1.29, 1.82) is 0 Å². The van der Waals surface area contributed by atoms with E-state index in [2.05, 4.69) is 15.2 Å². The second kappa shape index (κ2) is 5.71. The lowest BCUT2D eigenvalue weighted by Gasteiger charge is -2.04. The molecule has 0 aliphatic rings. The van der Waals surface area contributed by atoms with Gasteiger partial charge in [0, 0.05) is 11.4 Å². The van der Waals surface area contributed by atoms with Gasteiger partial charge >= 0.3 is 0 Å². The molecule has 2 rings (SSSR count). The molecule has 1 N–H and O–H groups in total. The summed E-state index contributed by atoms with van der Waals surface area (Å²) in [6.07, 6.45) is 0.668. The van der Waals surface area contributed by atoms with E-state index in [1.165, 1.54) is 0 Å². The van der Waals surface area contributed by atoms with Crippen LogP contribution in [0, 0.1) is 0 Å². The van der Waals surface area contributed by atoms with E-state index in [9.17, 15) is 8.42 Å². The monoisotopic (exact) mass is 299 g/mol. The van der Waals surface area contributed by atoms with Crippen LogP contribution in [0.25, 0.3) is 0 Å². The minimum atomic E-state index is -3.32. The van der Waals surface area contributed by atoms with Gasteiger partial charge in [-0.3, -0.25) is 5.10 Å². The summed E-state index contributed by atoms with van der Waals surface area (Å²) >= 11 is 5.96. The van der Waals surface area contributed by atoms with Gasteiger partial charge in [-0.15, -0.1) is 0 Å². The van der Waals surface area contributed by atoms with Crippen LogP contribution >= 0.6 is 11.6 Å². The molecule has 0 atom stereocenters. The predicted octanol–water partition coefficient (Wildman–Crippen LogP) is 2.14. The smallest absolute Gasteiger partial charge is 0.161 e. The molecule has 19 heavy (non-hydrogen) atoms. The van der Waals surface area contributed by atoms with Crippen molar-refractivity contribution in [3.05, 3.63) is 46.5 Å². The Morgan fingerprint density at radius 2 is 2.00 bits per heavy atom. The molecule has 0 aliphatic heterocycles. The van der Waals surface area contributed by atoms with Gasteiger partial charge in [-0.2, -0.15) is 5.10 Å². The molecular weight excluding hydrogens is 286 g/mol. The van der Waals surface area contributed by atoms with E-state index in [0.29, 0.717) is 28.7 Å². The van der Waals surface area contributed by atoms with Gasteiger partial charge in [0.2, 0.25) is 0 Å². The number of nitrogens with zero attached hydrogens (tertiary/aromatic N) is 2. The molecule has 0 spiro atoms. The summed E-state index contributed by atoms with van der Waals surface area (Å²) in [4.78, 5) is 4.10. The molecule has 5 nitrogen and oxygen atoms in total. The Labute approximate surface area is 116 Å². The molecule has 0 fully saturated rings. The van der Waals surface area contributed by atoms with Crippen LogP contribution in [0.5, 0.6) is 0 Å². The number of sulfone groups is 1. The van der Waals surface area contributed by atoms with Crippen molar-refractivity contribution in [2.45, 2.75) is 24.9 Å². The van der Waals surface area contributed by atoms with Gasteiger partial charge in [0.25, 0.3) is 0 Å². The van der Waals surface area contributed by atoms with Crippen molar-refractivity contribution in [1.82, 2.24) is 15.2 Å². The summed E-state index contributed by atoms with van der Waals surface area (Å²) in [7, 11) is -3.32. The molecule has 0 saturated carbocycles. The topological polar surface area (TPSA) is 75.7 Å². The van der Waals surface area contributed by atoms with Gasteiger partial charge in [0.05, 0.1) is 5.75 Å². The molecule has 0 amide bonds. The molecule has 0 unspecified atom stereocenters. The number of rotatable bonds is 5. The number of aryl methyl sites for hydroxylation is 1. The van der Waals surface area contributed by atoms with Crippen LogP contribution in [-0.2, 0) is 27.8 Å². The molecule has 1 heterocycles. The molecule has 0 aliphatic carbocycles. The lowest BCUT2D eigenvalue weighted by Crippen LogP contribution is -2.09. The minimum Gasteiger partial charge on any atom is -0.262 e. The van der Waals surface area contributed by atoms with Crippen LogP contribution in [0.1, 0.15) is 24.1 Å². The molecular formula is C12H14ClN3O2S. The standard InChI is InChI=1S/C12H14ClN3O2S/c1-2-11-14-12(16-15-11)8-19(17,18)7-9-5-3-4-6-10(9)13/h3-6H,2,7-8H2,1H3,(H,14,15,16). The quantitative estimate of drug-likeness (QED) is 0.917. The zero-order valence-corrected chi connectivity index (χ0v) is 12.0. The van der Waals surface area contributed by atoms with E-state index >= 15 is 0 Å². The van der Waals surface area contributed by atoms with Crippen molar-refractivity contribution >= 4 is 21.4 Å². The van der Waals surface area contributed by atoms with Gasteiger partial charge in [0.15, 0.2) is 9.84 Å². The van der Waals surface area contributed by atoms with E-state index in [4.69, 9.17) is 11.6 Å². The third-order valence-electron chi connectivity index (χ3n) is 2.58. The fourth-order valence-corrected chi connectivity index (χ4v) is 3.32. The maximum atomic E-state index is 12.1. The van der Waals surface area contributed by atoms with Crippen molar-refractivity contribution < 1.29 is 8.42 Å². The SMILES string of the molecule is CCc1n[nH]c(CS(=O)(=O)Cc2ccccc2Cl)n1. The molecule has 0 saturated heterocycles. The molecule has 1 aromatic heterocycles. The fourth-order valence-electron chi connectivity index (χ4n) is 1.67. The maximum absolute atomic E-state index is 12.1. The Balaban J connectivity index is 2.13. The highest BCUT2D eigenvalue weighted by molar-refractivity contribution is 7.89. The number of hydrogen-bond donors (Lipinski definition) is 1. The number of aromatic amines is 1. The van der Waals surface area contributed by atoms with Gasteiger partial charge in [-0.25, -0.2) is 13.4 Å². The molecule has 2 aromatic rings. The van der Waals surface area contributed by atoms with E-state index in [0.717, 1.165) is 0 Å². The zero-order chi connectivity index (χ0) is 13.9. The van der Waals surface area contributed by atoms with Crippen LogP contribution in [0.3, 0.4) is 0 Å². The van der Waals surface area contributed by atoms with E-state index < -0.39 is 9.84 Å². The Morgan fingerprint density at radius 3 is 2.63 bits per heavy atom. The summed E-state index contributed by atoms with van der Waals surface area (Å²) in [5, 5.41) is 7.01. The fraction of sp³-hybridized carbons (Fsp3) is 0.333. The van der Waals surface area contributed by atoms with Gasteiger partial charge in [-0.05, 0) is 11.6 Å². The Kier molecular flexibility index (Phi) is 4.21. The van der Waals surface area contributed by atoms with Crippen molar-refractivity contribution in [2.24, 2.45) is 0 Å². The molecule has 0 radical (unpaired) electrons. The first-order valence-electron chi connectivity index (χ1n) is 5.84. The Morgan fingerprint density at radius 1 is 1.26 bits per heavy atom. The normalized spacial score (nSPS) is 11.7. The summed E-state index contributed by atoms with van der Waals surface area (Å²) < 4.78 is 24.1. The summed E-state index contributed by atoms with van der Waals surface area (Å²) in [5.74, 6) is 0.715. The van der Waals surface area contributed by atoms with E-state index in [1.54, 1.807) is 24.3 Å². The Bertz CT molecular complexity index is 667. The van der Waals surface area contributed by atoms with E-state index in [-0.39, 0.29) is 11.5 Å². The van der Waals surface area contributed by atoms with Crippen LogP contribution in [0.4, 0.5) is 0 Å². The first-order chi connectivity index (χ1) is 9.00. The third kappa shape index (κ3) is 3.78. The lowest BCUT2D eigenvalue weighted by atomic mass is 10.2. The number of halogens is 1. The molecule has 1 aromatic carbocycles. The van der Waals surface area contributed by atoms with Gasteiger partial charge in [-0.1, -0.05) is 36.7 Å². The van der Waals surface area contributed by atoms with Crippen molar-refractivity contribution in [3.63, 3.8) is 0 Å². The zero-order valence-electron chi connectivity index (χ0n) is 10.4. The van der Waals surface area contributed by atoms with Crippen LogP contribution in [0.2, 0.25) is 5.02 Å². The highest BCUT2D eigenvalue weighted by atomic mass is 35.5. The second-order valence-corrected chi connectivity index (χ2v) is 6.65. The predicted molar refractivity (Wildman–Crippen MR) is 73.5 cm³/mol. The number of H-pyrrole nitrogens is 1. The molecule has 7 heteroatoms. The minimum absolute atomic E-state index is 0.102. The number of aromatic nitrogens is 3. The highest BCUT2D eigenvalue weighted by Crippen LogP contribution is 2.19. The average Bonchev–Trinajstić information content (AvgIpc) is 2.78. The maximum Gasteiger partial charge on any atom is 0.161 e. The summed E-state index contributed by atoms with van der Waals surface area (Å²) in [6.45, 7) is 1.91. The van der Waals surface area contributed by atoms with Crippen LogP contribution in [0.15, 0.2) is 24.3 Å². The number of benzene rings is 1. The lowest BCUT2D eigenvalue weighted by molar-refractivity contribution is 0.593. The summed E-state index contributed by atoms with van der Waals surface area (Å²) in [6, 6.07) is 6.91. The highest BCUT2D eigenvalue weighted by Gasteiger charge is 2.17. The van der Waals surface area contributed by atoms with Crippen molar-refractivity contribution in [3.8, 4) is 0 Å². The largest absolute Gasteiger partial charge is 0.262 e. The van der Waals surface area contributed by atoms with Crippen LogP contribution < -0.4 is 0 Å². The van der Waals surface area contributed by atoms with Crippen molar-refractivity contribution in [2.75, 3.05) is 0 Å². The first kappa shape index (κ1) is 14.0. The van der Waals surface area contributed by atoms with Crippen LogP contribution in [-0.4, -0.2) is 23.6 Å². The molecule has 102 valence electrons. The summed E-state index contributed by atoms with van der Waals surface area (Å²) in [5.41, 5.74) is 0.597.